The van der Waals surface area contributed by atoms with Crippen LogP contribution >= 0.6 is 37.2 Å². The predicted molar refractivity (Wildman–Crippen MR) is 102 cm³/mol. The van der Waals surface area contributed by atoms with Gasteiger partial charge in [-0.2, -0.15) is 0 Å². The summed E-state index contributed by atoms with van der Waals surface area (Å²) < 4.78 is 27.2. The zero-order valence-electron chi connectivity index (χ0n) is 12.3. The number of methoxy groups -OCH3 is 1. The Morgan fingerprint density at radius 2 is 1.95 bits per heavy atom. The van der Waals surface area contributed by atoms with Crippen molar-refractivity contribution >= 4 is 37.2 Å². The summed E-state index contributed by atoms with van der Waals surface area (Å²) in [5.74, 6) is -0.498. The molecule has 0 aromatic carbocycles. The molecule has 21 heavy (non-hydrogen) atoms. The minimum Gasteiger partial charge on any atom is -0.377 e. The fourth-order valence-electron chi connectivity index (χ4n) is 1.64. The second-order valence-electron chi connectivity index (χ2n) is 4.67. The third-order valence-electron chi connectivity index (χ3n) is 2.55. The lowest BCUT2D eigenvalue weighted by atomic mass is 10.4. The fourth-order valence-corrected chi connectivity index (χ4v) is 1.64. The van der Waals surface area contributed by atoms with Gasteiger partial charge in [0.2, 0.25) is 0 Å². The Hall–Kier alpha value is 1.00. The van der Waals surface area contributed by atoms with E-state index in [0.29, 0.717) is 33.0 Å². The summed E-state index contributed by atoms with van der Waals surface area (Å²) in [6.45, 7) is 9.95. The number of hydrogen-bond acceptors (Lipinski definition) is 5. The van der Waals surface area contributed by atoms with Crippen LogP contribution in [0.3, 0.4) is 0 Å². The lowest BCUT2D eigenvalue weighted by Crippen LogP contribution is -2.28. The second kappa shape index (κ2) is 14.6. The molecule has 0 radical (unpaired) electrons. The zero-order chi connectivity index (χ0) is 15.4. The van der Waals surface area contributed by atoms with Crippen LogP contribution in [0.4, 0.5) is 0 Å². The molecule has 1 rings (SSSR count). The SMILES string of the molecule is C.C=CCOCC(COCC1COC(C)(C)O1)OC.II. The van der Waals surface area contributed by atoms with Gasteiger partial charge in [-0.3, -0.25) is 0 Å². The van der Waals surface area contributed by atoms with Crippen LogP contribution < -0.4 is 0 Å². The third kappa shape index (κ3) is 12.1. The van der Waals surface area contributed by atoms with Crippen molar-refractivity contribution in [2.24, 2.45) is 0 Å². The Morgan fingerprint density at radius 1 is 1.33 bits per heavy atom. The molecule has 0 amide bonds. The van der Waals surface area contributed by atoms with Gasteiger partial charge in [0.25, 0.3) is 0 Å². The second-order valence-corrected chi connectivity index (χ2v) is 4.67. The summed E-state index contributed by atoms with van der Waals surface area (Å²) >= 11 is 4.24. The van der Waals surface area contributed by atoms with Gasteiger partial charge in [-0.15, -0.1) is 6.58 Å². The van der Waals surface area contributed by atoms with E-state index in [0.717, 1.165) is 0 Å². The molecular formula is C14H28I2O5. The molecular weight excluding hydrogens is 502 g/mol. The Labute approximate surface area is 152 Å². The van der Waals surface area contributed by atoms with Crippen LogP contribution in [0.1, 0.15) is 21.3 Å². The molecule has 7 heteroatoms. The maximum atomic E-state index is 5.63. The molecule has 128 valence electrons. The Morgan fingerprint density at radius 3 is 2.43 bits per heavy atom. The van der Waals surface area contributed by atoms with Gasteiger partial charge < -0.3 is 23.7 Å². The van der Waals surface area contributed by atoms with Crippen molar-refractivity contribution in [3.05, 3.63) is 12.7 Å². The van der Waals surface area contributed by atoms with E-state index in [1.54, 1.807) is 13.2 Å². The maximum absolute atomic E-state index is 5.63. The van der Waals surface area contributed by atoms with Crippen LogP contribution in [0.2, 0.25) is 0 Å². The van der Waals surface area contributed by atoms with E-state index in [4.69, 9.17) is 23.7 Å². The minimum atomic E-state index is -0.498. The average molecular weight is 530 g/mol. The van der Waals surface area contributed by atoms with E-state index in [2.05, 4.69) is 43.8 Å². The van der Waals surface area contributed by atoms with E-state index >= 15 is 0 Å². The highest BCUT2D eigenvalue weighted by Crippen LogP contribution is 2.22. The molecule has 0 N–H and O–H groups in total. The largest absolute Gasteiger partial charge is 0.377 e. The number of hydrogen-bond donors (Lipinski definition) is 0. The van der Waals surface area contributed by atoms with E-state index in [9.17, 15) is 0 Å². The maximum Gasteiger partial charge on any atom is 0.163 e. The van der Waals surface area contributed by atoms with E-state index < -0.39 is 5.79 Å². The molecule has 0 aromatic rings. The van der Waals surface area contributed by atoms with Gasteiger partial charge in [0.15, 0.2) is 5.79 Å². The van der Waals surface area contributed by atoms with E-state index in [1.165, 1.54) is 0 Å². The number of halogens is 2. The first kappa shape index (κ1) is 24.3. The Bertz CT molecular complexity index is 252. The highest BCUT2D eigenvalue weighted by atomic mass is 128. The molecule has 2 unspecified atom stereocenters. The molecule has 5 nitrogen and oxygen atoms in total. The monoisotopic (exact) mass is 530 g/mol. The summed E-state index contributed by atoms with van der Waals surface area (Å²) in [5, 5.41) is 0. The van der Waals surface area contributed by atoms with Crippen LogP contribution in [-0.4, -0.2) is 58.1 Å². The van der Waals surface area contributed by atoms with E-state index in [1.807, 2.05) is 13.8 Å². The summed E-state index contributed by atoms with van der Waals surface area (Å²) in [6.07, 6.45) is 1.63. The first-order valence-corrected chi connectivity index (χ1v) is 12.6. The molecule has 1 aliphatic rings. The standard InChI is InChI=1S/C13H24O5.CH4.I2/c1-5-6-15-7-11(14-4)8-16-9-12-10-17-13(2,3)18-12;;1-2/h5,11-12H,1,6-10H2,2-4H3;1H4;. The van der Waals surface area contributed by atoms with Crippen LogP contribution in [0.25, 0.3) is 0 Å². The van der Waals surface area contributed by atoms with E-state index in [-0.39, 0.29) is 19.6 Å². The quantitative estimate of drug-likeness (QED) is 0.258. The molecule has 0 aliphatic carbocycles. The zero-order valence-corrected chi connectivity index (χ0v) is 16.6. The highest BCUT2D eigenvalue weighted by molar-refractivity contribution is 15.0. The van der Waals surface area contributed by atoms with Crippen molar-refractivity contribution in [3.63, 3.8) is 0 Å². The Kier molecular flexibility index (Phi) is 16.8. The molecule has 0 saturated carbocycles. The highest BCUT2D eigenvalue weighted by Gasteiger charge is 2.32. The smallest absolute Gasteiger partial charge is 0.163 e. The van der Waals surface area contributed by atoms with Crippen molar-refractivity contribution in [1.29, 1.82) is 0 Å². The molecule has 1 fully saturated rings. The van der Waals surface area contributed by atoms with Gasteiger partial charge in [-0.1, -0.05) is 13.5 Å². The van der Waals surface area contributed by atoms with Crippen molar-refractivity contribution in [1.82, 2.24) is 0 Å². The van der Waals surface area contributed by atoms with Gasteiger partial charge in [0, 0.05) is 44.3 Å². The third-order valence-corrected chi connectivity index (χ3v) is 2.55. The predicted octanol–water partition coefficient (Wildman–Crippen LogP) is 3.78. The summed E-state index contributed by atoms with van der Waals surface area (Å²) in [7, 11) is 1.64. The molecule has 1 saturated heterocycles. The summed E-state index contributed by atoms with van der Waals surface area (Å²) in [5.41, 5.74) is 0. The van der Waals surface area contributed by atoms with Crippen LogP contribution in [0, 0.1) is 0 Å². The number of ether oxygens (including phenoxy) is 5. The van der Waals surface area contributed by atoms with Crippen molar-refractivity contribution in [2.75, 3.05) is 40.1 Å². The molecule has 0 bridgehead atoms. The van der Waals surface area contributed by atoms with Gasteiger partial charge in [-0.25, -0.2) is 0 Å². The molecule has 1 aliphatic heterocycles. The van der Waals surface area contributed by atoms with Crippen LogP contribution in [0.15, 0.2) is 12.7 Å². The summed E-state index contributed by atoms with van der Waals surface area (Å²) in [6, 6.07) is 0. The van der Waals surface area contributed by atoms with Crippen LogP contribution in [0.5, 0.6) is 0 Å². The van der Waals surface area contributed by atoms with Crippen molar-refractivity contribution in [2.45, 2.75) is 39.3 Å². The lowest BCUT2D eigenvalue weighted by molar-refractivity contribution is -0.147. The topological polar surface area (TPSA) is 46.2 Å². The fraction of sp³-hybridized carbons (Fsp3) is 0.857. The average Bonchev–Trinajstić information content (AvgIpc) is 2.79. The summed E-state index contributed by atoms with van der Waals surface area (Å²) in [4.78, 5) is 0. The van der Waals surface area contributed by atoms with Gasteiger partial charge in [0.1, 0.15) is 12.2 Å². The van der Waals surface area contributed by atoms with Gasteiger partial charge in [0.05, 0.1) is 33.0 Å². The Balaban J connectivity index is 0. The first-order chi connectivity index (χ1) is 9.57. The molecule has 0 aromatic heterocycles. The number of rotatable bonds is 9. The van der Waals surface area contributed by atoms with Gasteiger partial charge >= 0.3 is 0 Å². The van der Waals surface area contributed by atoms with Crippen molar-refractivity contribution in [3.8, 4) is 0 Å². The van der Waals surface area contributed by atoms with Crippen LogP contribution in [-0.2, 0) is 23.7 Å². The minimum absolute atomic E-state index is 0. The van der Waals surface area contributed by atoms with Gasteiger partial charge in [-0.05, 0) is 13.8 Å². The lowest BCUT2D eigenvalue weighted by Gasteiger charge is -2.18. The van der Waals surface area contributed by atoms with Crippen molar-refractivity contribution < 1.29 is 23.7 Å². The normalized spacial score (nSPS) is 20.9. The molecule has 0 spiro atoms. The molecule has 2 atom stereocenters. The molecule has 1 heterocycles. The first-order valence-electron chi connectivity index (χ1n) is 6.32.